The standard InChI is InChI=1S/C25H26N4O2/c1-16-10-8-9-11-20(16)14-26-24(30)19(4)28-17(2)22-15-27-29(21-12-6-5-7-13-21)25(31)23(22)18(28)3/h5-13,15,19H,14H2,1-4H3,(H,26,30)/t19-/m1/s1. The van der Waals surface area contributed by atoms with Crippen LogP contribution in [0.3, 0.4) is 0 Å². The minimum Gasteiger partial charge on any atom is -0.350 e. The lowest BCUT2D eigenvalue weighted by atomic mass is 10.1. The smallest absolute Gasteiger partial charge is 0.281 e. The zero-order chi connectivity index (χ0) is 22.1. The first-order valence-corrected chi connectivity index (χ1v) is 10.4. The van der Waals surface area contributed by atoms with Gasteiger partial charge in [-0.05, 0) is 51.0 Å². The van der Waals surface area contributed by atoms with Crippen LogP contribution in [0.2, 0.25) is 0 Å². The number of para-hydroxylation sites is 1. The number of nitrogens with one attached hydrogen (secondary N) is 1. The van der Waals surface area contributed by atoms with Gasteiger partial charge in [-0.1, -0.05) is 42.5 Å². The molecule has 0 bridgehead atoms. The van der Waals surface area contributed by atoms with E-state index < -0.39 is 6.04 Å². The fourth-order valence-electron chi connectivity index (χ4n) is 4.17. The molecule has 31 heavy (non-hydrogen) atoms. The molecule has 4 aromatic rings. The van der Waals surface area contributed by atoms with Crippen molar-refractivity contribution in [2.45, 2.75) is 40.3 Å². The van der Waals surface area contributed by atoms with Crippen LogP contribution in [0.25, 0.3) is 16.5 Å². The number of hydrogen-bond acceptors (Lipinski definition) is 3. The van der Waals surface area contributed by atoms with Crippen LogP contribution in [0, 0.1) is 20.8 Å². The van der Waals surface area contributed by atoms with Crippen LogP contribution in [-0.2, 0) is 11.3 Å². The molecule has 0 aliphatic rings. The number of aryl methyl sites for hydroxylation is 3. The van der Waals surface area contributed by atoms with Crippen LogP contribution < -0.4 is 10.9 Å². The first-order chi connectivity index (χ1) is 14.9. The number of hydrogen-bond donors (Lipinski definition) is 1. The molecule has 2 heterocycles. The molecule has 0 spiro atoms. The van der Waals surface area contributed by atoms with Gasteiger partial charge < -0.3 is 9.88 Å². The van der Waals surface area contributed by atoms with Crippen LogP contribution in [0.15, 0.2) is 65.6 Å². The molecule has 0 unspecified atom stereocenters. The average molecular weight is 415 g/mol. The second-order valence-corrected chi connectivity index (χ2v) is 7.85. The molecule has 0 aliphatic heterocycles. The molecule has 0 fully saturated rings. The summed E-state index contributed by atoms with van der Waals surface area (Å²) in [6.07, 6.45) is 1.71. The molecule has 0 aliphatic carbocycles. The number of nitrogens with zero attached hydrogens (tertiary/aromatic N) is 3. The van der Waals surface area contributed by atoms with Crippen molar-refractivity contribution in [3.63, 3.8) is 0 Å². The minimum absolute atomic E-state index is 0.0916. The van der Waals surface area contributed by atoms with Crippen molar-refractivity contribution in [3.05, 3.63) is 93.7 Å². The topological polar surface area (TPSA) is 68.9 Å². The number of amides is 1. The molecule has 0 saturated carbocycles. The largest absolute Gasteiger partial charge is 0.350 e. The van der Waals surface area contributed by atoms with Crippen LogP contribution in [0.1, 0.15) is 35.5 Å². The Balaban J connectivity index is 1.69. The third-order valence-corrected chi connectivity index (χ3v) is 5.93. The minimum atomic E-state index is -0.457. The van der Waals surface area contributed by atoms with Gasteiger partial charge in [0, 0.05) is 23.3 Å². The van der Waals surface area contributed by atoms with Crippen LogP contribution >= 0.6 is 0 Å². The van der Waals surface area contributed by atoms with E-state index in [9.17, 15) is 9.59 Å². The van der Waals surface area contributed by atoms with E-state index in [1.165, 1.54) is 4.68 Å². The van der Waals surface area contributed by atoms with Gasteiger partial charge in [0.05, 0.1) is 17.3 Å². The Morgan fingerprint density at radius 2 is 1.68 bits per heavy atom. The number of benzene rings is 2. The van der Waals surface area contributed by atoms with Crippen LogP contribution in [-0.4, -0.2) is 20.3 Å². The number of fused-ring (bicyclic) bond motifs is 1. The summed E-state index contributed by atoms with van der Waals surface area (Å²) in [5, 5.41) is 8.77. The molecular weight excluding hydrogens is 388 g/mol. The number of aromatic nitrogens is 3. The third-order valence-electron chi connectivity index (χ3n) is 5.93. The highest BCUT2D eigenvalue weighted by molar-refractivity contribution is 5.89. The van der Waals surface area contributed by atoms with Crippen molar-refractivity contribution in [1.82, 2.24) is 19.7 Å². The van der Waals surface area contributed by atoms with E-state index in [1.807, 2.05) is 86.9 Å². The third kappa shape index (κ3) is 3.65. The molecule has 1 atom stereocenters. The molecular formula is C25H26N4O2. The van der Waals surface area contributed by atoms with E-state index in [0.29, 0.717) is 17.6 Å². The summed E-state index contributed by atoms with van der Waals surface area (Å²) < 4.78 is 3.33. The van der Waals surface area contributed by atoms with Crippen molar-refractivity contribution in [2.75, 3.05) is 0 Å². The average Bonchev–Trinajstić information content (AvgIpc) is 3.04. The van der Waals surface area contributed by atoms with Gasteiger partial charge in [-0.2, -0.15) is 9.78 Å². The van der Waals surface area contributed by atoms with E-state index >= 15 is 0 Å². The Bertz CT molecular complexity index is 1320. The van der Waals surface area contributed by atoms with Crippen molar-refractivity contribution in [2.24, 2.45) is 0 Å². The Kier molecular flexibility index (Phi) is 5.46. The molecule has 1 amide bonds. The van der Waals surface area contributed by atoms with Gasteiger partial charge in [-0.25, -0.2) is 0 Å². The second-order valence-electron chi connectivity index (χ2n) is 7.85. The summed E-state index contributed by atoms with van der Waals surface area (Å²) in [5.41, 5.74) is 4.38. The highest BCUT2D eigenvalue weighted by atomic mass is 16.2. The quantitative estimate of drug-likeness (QED) is 0.537. The summed E-state index contributed by atoms with van der Waals surface area (Å²) in [5.74, 6) is -0.0916. The van der Waals surface area contributed by atoms with E-state index in [2.05, 4.69) is 10.4 Å². The monoisotopic (exact) mass is 414 g/mol. The molecule has 2 aromatic carbocycles. The Morgan fingerprint density at radius 1 is 1.00 bits per heavy atom. The first kappa shape index (κ1) is 20.6. The zero-order valence-electron chi connectivity index (χ0n) is 18.2. The SMILES string of the molecule is Cc1ccccc1CNC(=O)[C@@H](C)n1c(C)c2cnn(-c3ccccc3)c(=O)c2c1C. The summed E-state index contributed by atoms with van der Waals surface area (Å²) in [7, 11) is 0. The molecule has 158 valence electrons. The summed E-state index contributed by atoms with van der Waals surface area (Å²) in [6, 6.07) is 16.9. The normalized spacial score (nSPS) is 12.1. The van der Waals surface area contributed by atoms with E-state index in [0.717, 1.165) is 27.9 Å². The number of carbonyl (C=O) groups excluding carboxylic acids is 1. The van der Waals surface area contributed by atoms with Gasteiger partial charge in [0.25, 0.3) is 5.56 Å². The first-order valence-electron chi connectivity index (χ1n) is 10.4. The van der Waals surface area contributed by atoms with Crippen LogP contribution in [0.5, 0.6) is 0 Å². The van der Waals surface area contributed by atoms with Crippen molar-refractivity contribution in [3.8, 4) is 5.69 Å². The van der Waals surface area contributed by atoms with Gasteiger partial charge in [-0.3, -0.25) is 9.59 Å². The predicted octanol–water partition coefficient (Wildman–Crippen LogP) is 3.99. The maximum Gasteiger partial charge on any atom is 0.281 e. The van der Waals surface area contributed by atoms with Gasteiger partial charge in [-0.15, -0.1) is 0 Å². The van der Waals surface area contributed by atoms with Gasteiger partial charge in [0.15, 0.2) is 0 Å². The molecule has 0 saturated heterocycles. The fraction of sp³-hybridized carbons (Fsp3) is 0.240. The Morgan fingerprint density at radius 3 is 2.39 bits per heavy atom. The van der Waals surface area contributed by atoms with E-state index in [4.69, 9.17) is 0 Å². The van der Waals surface area contributed by atoms with Gasteiger partial charge in [0.1, 0.15) is 6.04 Å². The lowest BCUT2D eigenvalue weighted by molar-refractivity contribution is -0.124. The van der Waals surface area contributed by atoms with Crippen molar-refractivity contribution in [1.29, 1.82) is 0 Å². The maximum atomic E-state index is 13.2. The van der Waals surface area contributed by atoms with Gasteiger partial charge >= 0.3 is 0 Å². The fourth-order valence-corrected chi connectivity index (χ4v) is 4.17. The van der Waals surface area contributed by atoms with E-state index in [-0.39, 0.29) is 11.5 Å². The molecule has 0 radical (unpaired) electrons. The zero-order valence-corrected chi connectivity index (χ0v) is 18.2. The molecule has 6 nitrogen and oxygen atoms in total. The Hall–Kier alpha value is -3.67. The highest BCUT2D eigenvalue weighted by Gasteiger charge is 2.23. The maximum absolute atomic E-state index is 13.2. The number of carbonyl (C=O) groups is 1. The Labute approximate surface area is 181 Å². The predicted molar refractivity (Wildman–Crippen MR) is 123 cm³/mol. The lowest BCUT2D eigenvalue weighted by Crippen LogP contribution is -2.31. The molecule has 1 N–H and O–H groups in total. The number of rotatable bonds is 5. The highest BCUT2D eigenvalue weighted by Crippen LogP contribution is 2.26. The summed E-state index contributed by atoms with van der Waals surface area (Å²) in [4.78, 5) is 26.2. The van der Waals surface area contributed by atoms with Crippen molar-refractivity contribution >= 4 is 16.7 Å². The molecule has 2 aromatic heterocycles. The van der Waals surface area contributed by atoms with Crippen LogP contribution in [0.4, 0.5) is 0 Å². The van der Waals surface area contributed by atoms with Gasteiger partial charge in [0.2, 0.25) is 5.91 Å². The van der Waals surface area contributed by atoms with Crippen molar-refractivity contribution < 1.29 is 4.79 Å². The summed E-state index contributed by atoms with van der Waals surface area (Å²) in [6.45, 7) is 8.17. The summed E-state index contributed by atoms with van der Waals surface area (Å²) >= 11 is 0. The van der Waals surface area contributed by atoms with E-state index in [1.54, 1.807) is 6.20 Å². The molecule has 4 rings (SSSR count). The molecule has 6 heteroatoms. The second kappa shape index (κ2) is 8.22. The lowest BCUT2D eigenvalue weighted by Gasteiger charge is -2.18.